The average molecular weight is 518 g/mol. The molecule has 0 aromatic heterocycles. The predicted molar refractivity (Wildman–Crippen MR) is 137 cm³/mol. The lowest BCUT2D eigenvalue weighted by Crippen LogP contribution is -2.33. The molecule has 0 spiro atoms. The summed E-state index contributed by atoms with van der Waals surface area (Å²) < 4.78 is 5.64. The Morgan fingerprint density at radius 1 is 0.973 bits per heavy atom. The van der Waals surface area contributed by atoms with Crippen LogP contribution in [0.2, 0.25) is 0 Å². The first kappa shape index (κ1) is 25.3. The monoisotopic (exact) mass is 517 g/mol. The number of nitrogens with zero attached hydrogens (tertiary/aromatic N) is 2. The molecule has 10 nitrogen and oxygen atoms in total. The van der Waals surface area contributed by atoms with Gasteiger partial charge in [-0.1, -0.05) is 36.4 Å². The van der Waals surface area contributed by atoms with Crippen LogP contribution < -0.4 is 10.1 Å². The Balaban J connectivity index is 1.42. The quantitative estimate of drug-likeness (QED) is 0.189. The van der Waals surface area contributed by atoms with Gasteiger partial charge in [-0.15, -0.1) is 0 Å². The van der Waals surface area contributed by atoms with E-state index in [0.717, 1.165) is 4.90 Å². The van der Waals surface area contributed by atoms with Crippen molar-refractivity contribution >= 4 is 52.0 Å². The molecule has 3 amide bonds. The summed E-state index contributed by atoms with van der Waals surface area (Å²) in [5, 5.41) is 12.9. The first-order valence-corrected chi connectivity index (χ1v) is 11.7. The van der Waals surface area contributed by atoms with Crippen molar-refractivity contribution in [2.24, 2.45) is 0 Å². The number of Topliss-reactive ketones (excluding diaryl/α,β-unsaturated/α-hetero) is 1. The number of ketones is 1. The first-order valence-electron chi connectivity index (χ1n) is 10.9. The lowest BCUT2D eigenvalue weighted by Gasteiger charge is -2.11. The van der Waals surface area contributed by atoms with Crippen molar-refractivity contribution < 1.29 is 28.8 Å². The van der Waals surface area contributed by atoms with Crippen LogP contribution in [0.1, 0.15) is 15.9 Å². The van der Waals surface area contributed by atoms with E-state index in [1.54, 1.807) is 48.5 Å². The molecule has 4 rings (SSSR count). The molecule has 1 heterocycles. The van der Waals surface area contributed by atoms with E-state index in [4.69, 9.17) is 4.74 Å². The third-order valence-electron chi connectivity index (χ3n) is 5.20. The van der Waals surface area contributed by atoms with Gasteiger partial charge in [0.1, 0.15) is 5.75 Å². The third kappa shape index (κ3) is 6.27. The van der Waals surface area contributed by atoms with Gasteiger partial charge in [-0.05, 0) is 48.2 Å². The molecule has 3 aromatic rings. The molecule has 37 heavy (non-hydrogen) atoms. The van der Waals surface area contributed by atoms with Gasteiger partial charge in [0, 0.05) is 28.9 Å². The molecule has 3 aromatic carbocycles. The molecule has 0 unspecified atom stereocenters. The number of non-ortho nitro benzene ring substituents is 1. The smallest absolute Gasteiger partial charge is 0.293 e. The molecule has 0 atom stereocenters. The zero-order valence-corrected chi connectivity index (χ0v) is 20.0. The van der Waals surface area contributed by atoms with Gasteiger partial charge in [0.2, 0.25) is 0 Å². The summed E-state index contributed by atoms with van der Waals surface area (Å²) in [6.07, 6.45) is 1.46. The summed E-state index contributed by atoms with van der Waals surface area (Å²) in [4.78, 5) is 61.3. The second-order valence-corrected chi connectivity index (χ2v) is 8.73. The SMILES string of the molecule is O=C(COc1ccccc1/C=C1/SC(=O)N(CC(=O)c2ccc([N+](=O)[O-])cc2)C1=O)Nc1ccccc1. The Kier molecular flexibility index (Phi) is 7.74. The number of benzene rings is 3. The number of nitro groups is 1. The molecular formula is C26H19N3O7S. The number of nitrogens with one attached hydrogen (secondary N) is 1. The Bertz CT molecular complexity index is 1410. The molecular weight excluding hydrogens is 498 g/mol. The fourth-order valence-corrected chi connectivity index (χ4v) is 4.20. The third-order valence-corrected chi connectivity index (χ3v) is 6.10. The molecule has 1 aliphatic rings. The summed E-state index contributed by atoms with van der Waals surface area (Å²) in [6, 6.07) is 20.5. The standard InChI is InChI=1S/C26H19N3O7S/c30-21(17-10-12-20(13-11-17)29(34)35)15-28-25(32)23(37-26(28)33)14-18-6-4-5-9-22(18)36-16-24(31)27-19-7-2-1-3-8-19/h1-14H,15-16H2,(H,27,31)/b23-14+. The molecule has 1 saturated heterocycles. The van der Waals surface area contributed by atoms with Crippen LogP contribution in [-0.4, -0.2) is 45.8 Å². The first-order chi connectivity index (χ1) is 17.8. The molecule has 1 fully saturated rings. The van der Waals surface area contributed by atoms with Crippen LogP contribution in [-0.2, 0) is 9.59 Å². The molecule has 0 aliphatic carbocycles. The Hall–Kier alpha value is -4.77. The van der Waals surface area contributed by atoms with Gasteiger partial charge in [0.05, 0.1) is 16.4 Å². The number of anilines is 1. The second-order valence-electron chi connectivity index (χ2n) is 7.74. The summed E-state index contributed by atoms with van der Waals surface area (Å²) in [6.45, 7) is -0.775. The molecule has 1 N–H and O–H groups in total. The fourth-order valence-electron chi connectivity index (χ4n) is 3.37. The second kappa shape index (κ2) is 11.3. The van der Waals surface area contributed by atoms with Gasteiger partial charge < -0.3 is 10.1 Å². The van der Waals surface area contributed by atoms with E-state index in [1.807, 2.05) is 6.07 Å². The fraction of sp³-hybridized carbons (Fsp3) is 0.0769. The maximum atomic E-state index is 12.9. The number of carbonyl (C=O) groups excluding carboxylic acids is 4. The minimum Gasteiger partial charge on any atom is -0.483 e. The van der Waals surface area contributed by atoms with Crippen LogP contribution in [0.4, 0.5) is 16.2 Å². The van der Waals surface area contributed by atoms with E-state index in [0.29, 0.717) is 28.8 Å². The largest absolute Gasteiger partial charge is 0.483 e. The molecule has 186 valence electrons. The zero-order chi connectivity index (χ0) is 26.4. The highest BCUT2D eigenvalue weighted by molar-refractivity contribution is 8.18. The van der Waals surface area contributed by atoms with Crippen LogP contribution >= 0.6 is 11.8 Å². The zero-order valence-electron chi connectivity index (χ0n) is 19.2. The van der Waals surface area contributed by atoms with Crippen molar-refractivity contribution in [2.75, 3.05) is 18.5 Å². The number of ether oxygens (including phenoxy) is 1. The Labute approximate surface area is 215 Å². The lowest BCUT2D eigenvalue weighted by molar-refractivity contribution is -0.384. The van der Waals surface area contributed by atoms with Crippen molar-refractivity contribution in [2.45, 2.75) is 0 Å². The van der Waals surface area contributed by atoms with Crippen molar-refractivity contribution in [3.05, 3.63) is 105 Å². The van der Waals surface area contributed by atoms with E-state index < -0.39 is 28.4 Å². The Morgan fingerprint density at radius 2 is 1.65 bits per heavy atom. The highest BCUT2D eigenvalue weighted by Gasteiger charge is 2.36. The number of thioether (sulfide) groups is 1. The number of rotatable bonds is 9. The highest BCUT2D eigenvalue weighted by Crippen LogP contribution is 2.34. The molecule has 1 aliphatic heterocycles. The van der Waals surface area contributed by atoms with Gasteiger partial charge in [0.15, 0.2) is 12.4 Å². The Morgan fingerprint density at radius 3 is 2.35 bits per heavy atom. The summed E-state index contributed by atoms with van der Waals surface area (Å²) in [7, 11) is 0. The summed E-state index contributed by atoms with van der Waals surface area (Å²) in [5.41, 5.74) is 1.06. The van der Waals surface area contributed by atoms with Crippen molar-refractivity contribution in [1.29, 1.82) is 0 Å². The van der Waals surface area contributed by atoms with Crippen molar-refractivity contribution in [3.8, 4) is 5.75 Å². The van der Waals surface area contributed by atoms with Crippen LogP contribution in [0.5, 0.6) is 5.75 Å². The summed E-state index contributed by atoms with van der Waals surface area (Å²) in [5.74, 6) is -1.22. The number of amides is 3. The van der Waals surface area contributed by atoms with E-state index in [9.17, 15) is 29.3 Å². The average Bonchev–Trinajstić information content (AvgIpc) is 3.16. The maximum absolute atomic E-state index is 12.9. The molecule has 11 heteroatoms. The number of nitro benzene ring substituents is 1. The van der Waals surface area contributed by atoms with Gasteiger partial charge in [0.25, 0.3) is 22.7 Å². The topological polar surface area (TPSA) is 136 Å². The predicted octanol–water partition coefficient (Wildman–Crippen LogP) is 4.53. The number of hydrogen-bond donors (Lipinski definition) is 1. The van der Waals surface area contributed by atoms with Crippen molar-refractivity contribution in [1.82, 2.24) is 4.90 Å². The van der Waals surface area contributed by atoms with Gasteiger partial charge >= 0.3 is 0 Å². The van der Waals surface area contributed by atoms with E-state index in [-0.39, 0.29) is 28.7 Å². The highest BCUT2D eigenvalue weighted by atomic mass is 32.2. The number of carbonyl (C=O) groups is 4. The lowest BCUT2D eigenvalue weighted by atomic mass is 10.1. The summed E-state index contributed by atoms with van der Waals surface area (Å²) >= 11 is 0.677. The van der Waals surface area contributed by atoms with Crippen LogP contribution in [0, 0.1) is 10.1 Å². The minimum absolute atomic E-state index is 0.0892. The van der Waals surface area contributed by atoms with Crippen LogP contribution in [0.3, 0.4) is 0 Å². The van der Waals surface area contributed by atoms with E-state index in [1.165, 1.54) is 30.3 Å². The normalized spacial score (nSPS) is 14.1. The van der Waals surface area contributed by atoms with Crippen molar-refractivity contribution in [3.63, 3.8) is 0 Å². The molecule has 0 saturated carbocycles. The van der Waals surface area contributed by atoms with Crippen LogP contribution in [0.15, 0.2) is 83.8 Å². The molecule has 0 bridgehead atoms. The van der Waals surface area contributed by atoms with Gasteiger partial charge in [-0.25, -0.2) is 0 Å². The van der Waals surface area contributed by atoms with Crippen LogP contribution in [0.25, 0.3) is 6.08 Å². The van der Waals surface area contributed by atoms with Gasteiger partial charge in [-0.2, -0.15) is 0 Å². The maximum Gasteiger partial charge on any atom is 0.293 e. The minimum atomic E-state index is -0.651. The number of para-hydroxylation sites is 2. The number of imide groups is 1. The number of hydrogen-bond acceptors (Lipinski definition) is 8. The van der Waals surface area contributed by atoms with Gasteiger partial charge in [-0.3, -0.25) is 34.2 Å². The van der Waals surface area contributed by atoms with E-state index >= 15 is 0 Å². The molecule has 0 radical (unpaired) electrons. The van der Waals surface area contributed by atoms with E-state index in [2.05, 4.69) is 5.32 Å².